The minimum Gasteiger partial charge on any atom is -0.403 e. The molecule has 0 atom stereocenters. The molecular weight excluding hydrogens is 298 g/mol. The summed E-state index contributed by atoms with van der Waals surface area (Å²) in [5.41, 5.74) is 1.38. The molecule has 0 saturated carbocycles. The van der Waals surface area contributed by atoms with Crippen molar-refractivity contribution in [2.75, 3.05) is 11.6 Å². The lowest BCUT2D eigenvalue weighted by molar-refractivity contribution is 0.102. The molecule has 1 aromatic heterocycles. The summed E-state index contributed by atoms with van der Waals surface area (Å²) in [6.07, 6.45) is 1.98. The van der Waals surface area contributed by atoms with Crippen molar-refractivity contribution in [2.45, 2.75) is 4.90 Å². The zero-order valence-corrected chi connectivity index (χ0v) is 12.6. The number of thioether (sulfide) groups is 1. The van der Waals surface area contributed by atoms with E-state index >= 15 is 0 Å². The summed E-state index contributed by atoms with van der Waals surface area (Å²) >= 11 is 1.60. The van der Waals surface area contributed by atoms with Gasteiger partial charge in [0.2, 0.25) is 0 Å². The molecule has 0 aliphatic heterocycles. The number of nitrogens with one attached hydrogen (secondary N) is 1. The smallest absolute Gasteiger partial charge is 0.322 e. The van der Waals surface area contributed by atoms with Crippen molar-refractivity contribution in [3.8, 4) is 11.5 Å². The van der Waals surface area contributed by atoms with Crippen LogP contribution in [-0.2, 0) is 0 Å². The number of amides is 1. The van der Waals surface area contributed by atoms with Crippen LogP contribution in [0.1, 0.15) is 10.4 Å². The van der Waals surface area contributed by atoms with E-state index in [1.807, 2.05) is 36.6 Å². The maximum Gasteiger partial charge on any atom is 0.322 e. The van der Waals surface area contributed by atoms with E-state index < -0.39 is 0 Å². The zero-order chi connectivity index (χ0) is 15.4. The van der Waals surface area contributed by atoms with Gasteiger partial charge in [-0.15, -0.1) is 16.9 Å². The largest absolute Gasteiger partial charge is 0.403 e. The Morgan fingerprint density at radius 2 is 1.77 bits per heavy atom. The van der Waals surface area contributed by atoms with Crippen molar-refractivity contribution in [3.05, 3.63) is 60.2 Å². The predicted molar refractivity (Wildman–Crippen MR) is 85.9 cm³/mol. The molecule has 1 heterocycles. The first-order valence-electron chi connectivity index (χ1n) is 6.61. The van der Waals surface area contributed by atoms with Crippen LogP contribution >= 0.6 is 11.8 Å². The van der Waals surface area contributed by atoms with Crippen molar-refractivity contribution >= 4 is 23.7 Å². The van der Waals surface area contributed by atoms with Crippen LogP contribution in [0.5, 0.6) is 0 Å². The van der Waals surface area contributed by atoms with Crippen LogP contribution in [0.3, 0.4) is 0 Å². The molecule has 3 rings (SSSR count). The highest BCUT2D eigenvalue weighted by molar-refractivity contribution is 7.98. The number of aromatic nitrogens is 2. The summed E-state index contributed by atoms with van der Waals surface area (Å²) in [5.74, 6) is 0.0993. The van der Waals surface area contributed by atoms with Crippen molar-refractivity contribution in [1.29, 1.82) is 0 Å². The molecular formula is C16H13N3O2S. The van der Waals surface area contributed by atoms with Gasteiger partial charge < -0.3 is 4.42 Å². The Kier molecular flexibility index (Phi) is 4.20. The molecule has 0 aliphatic carbocycles. The van der Waals surface area contributed by atoms with Gasteiger partial charge in [-0.1, -0.05) is 35.4 Å². The fourth-order valence-corrected chi connectivity index (χ4v) is 2.55. The molecule has 0 radical (unpaired) electrons. The van der Waals surface area contributed by atoms with Crippen molar-refractivity contribution in [1.82, 2.24) is 10.2 Å². The Labute approximate surface area is 131 Å². The average molecular weight is 311 g/mol. The predicted octanol–water partition coefficient (Wildman–Crippen LogP) is 3.71. The van der Waals surface area contributed by atoms with Crippen LogP contribution in [0.4, 0.5) is 6.01 Å². The minimum absolute atomic E-state index is 0.0831. The second-order valence-corrected chi connectivity index (χ2v) is 5.28. The van der Waals surface area contributed by atoms with Gasteiger partial charge in [-0.3, -0.25) is 10.1 Å². The molecule has 2 aromatic carbocycles. The monoisotopic (exact) mass is 311 g/mol. The van der Waals surface area contributed by atoms with Crippen LogP contribution in [0.2, 0.25) is 0 Å². The van der Waals surface area contributed by atoms with E-state index in [0.29, 0.717) is 11.5 Å². The normalized spacial score (nSPS) is 10.4. The van der Waals surface area contributed by atoms with Gasteiger partial charge in [-0.2, -0.15) is 0 Å². The molecule has 5 nitrogen and oxygen atoms in total. The number of anilines is 1. The van der Waals surface area contributed by atoms with E-state index in [0.717, 1.165) is 10.5 Å². The second-order valence-electron chi connectivity index (χ2n) is 4.43. The SMILES string of the molecule is CSc1ccccc1-c1nnc(NC(=O)c2ccccc2)o1. The fourth-order valence-electron chi connectivity index (χ4n) is 1.96. The first-order valence-corrected chi connectivity index (χ1v) is 7.83. The lowest BCUT2D eigenvalue weighted by Gasteiger charge is -2.02. The molecule has 110 valence electrons. The van der Waals surface area contributed by atoms with E-state index in [-0.39, 0.29) is 11.9 Å². The van der Waals surface area contributed by atoms with Gasteiger partial charge in [0.15, 0.2) is 0 Å². The van der Waals surface area contributed by atoms with E-state index in [1.165, 1.54) is 0 Å². The van der Waals surface area contributed by atoms with Gasteiger partial charge in [0.25, 0.3) is 11.8 Å². The molecule has 0 saturated heterocycles. The highest BCUT2D eigenvalue weighted by Crippen LogP contribution is 2.29. The fraction of sp³-hybridized carbons (Fsp3) is 0.0625. The molecule has 0 bridgehead atoms. The Balaban J connectivity index is 1.81. The molecule has 3 aromatic rings. The van der Waals surface area contributed by atoms with Crippen LogP contribution in [0.15, 0.2) is 63.9 Å². The van der Waals surface area contributed by atoms with Crippen LogP contribution in [-0.4, -0.2) is 22.4 Å². The van der Waals surface area contributed by atoms with Crippen molar-refractivity contribution in [3.63, 3.8) is 0 Å². The number of hydrogen-bond acceptors (Lipinski definition) is 5. The molecule has 0 unspecified atom stereocenters. The van der Waals surface area contributed by atoms with E-state index in [1.54, 1.807) is 36.0 Å². The topological polar surface area (TPSA) is 68.0 Å². The van der Waals surface area contributed by atoms with Gasteiger partial charge in [-0.25, -0.2) is 0 Å². The van der Waals surface area contributed by atoms with Crippen molar-refractivity contribution in [2.24, 2.45) is 0 Å². The number of carbonyl (C=O) groups is 1. The summed E-state index contributed by atoms with van der Waals surface area (Å²) in [6, 6.07) is 16.7. The maximum absolute atomic E-state index is 12.0. The molecule has 0 aliphatic rings. The third-order valence-corrected chi connectivity index (χ3v) is 3.81. The number of benzene rings is 2. The summed E-state index contributed by atoms with van der Waals surface area (Å²) in [5, 5.41) is 10.5. The lowest BCUT2D eigenvalue weighted by Crippen LogP contribution is -2.11. The van der Waals surface area contributed by atoms with Crippen LogP contribution in [0.25, 0.3) is 11.5 Å². The lowest BCUT2D eigenvalue weighted by atomic mass is 10.2. The van der Waals surface area contributed by atoms with Gasteiger partial charge in [-0.05, 0) is 30.5 Å². The van der Waals surface area contributed by atoms with Gasteiger partial charge in [0.1, 0.15) is 0 Å². The maximum atomic E-state index is 12.0. The standard InChI is InChI=1S/C16H13N3O2S/c1-22-13-10-6-5-9-12(13)15-18-19-16(21-15)17-14(20)11-7-3-2-4-8-11/h2-10H,1H3,(H,17,19,20). The summed E-state index contributed by atoms with van der Waals surface area (Å²) in [4.78, 5) is 13.1. The summed E-state index contributed by atoms with van der Waals surface area (Å²) in [6.45, 7) is 0. The van der Waals surface area contributed by atoms with Crippen LogP contribution < -0.4 is 5.32 Å². The van der Waals surface area contributed by atoms with Crippen LogP contribution in [0, 0.1) is 0 Å². The summed E-state index contributed by atoms with van der Waals surface area (Å²) < 4.78 is 5.54. The van der Waals surface area contributed by atoms with Crippen molar-refractivity contribution < 1.29 is 9.21 Å². The van der Waals surface area contributed by atoms with Gasteiger partial charge in [0, 0.05) is 10.5 Å². The highest BCUT2D eigenvalue weighted by Gasteiger charge is 2.14. The zero-order valence-electron chi connectivity index (χ0n) is 11.8. The molecule has 0 spiro atoms. The van der Waals surface area contributed by atoms with E-state index in [4.69, 9.17) is 4.42 Å². The Hall–Kier alpha value is -2.60. The first kappa shape index (κ1) is 14.3. The number of carbonyl (C=O) groups excluding carboxylic acids is 1. The third-order valence-electron chi connectivity index (χ3n) is 3.02. The van der Waals surface area contributed by atoms with Gasteiger partial charge >= 0.3 is 6.01 Å². The Morgan fingerprint density at radius 1 is 1.05 bits per heavy atom. The Morgan fingerprint density at radius 3 is 2.55 bits per heavy atom. The number of nitrogens with zero attached hydrogens (tertiary/aromatic N) is 2. The Bertz CT molecular complexity index is 787. The molecule has 22 heavy (non-hydrogen) atoms. The minimum atomic E-state index is -0.283. The number of rotatable bonds is 4. The van der Waals surface area contributed by atoms with E-state index in [9.17, 15) is 4.79 Å². The molecule has 1 amide bonds. The first-order chi connectivity index (χ1) is 10.8. The van der Waals surface area contributed by atoms with E-state index in [2.05, 4.69) is 15.5 Å². The molecule has 1 N–H and O–H groups in total. The molecule has 0 fully saturated rings. The quantitative estimate of drug-likeness (QED) is 0.744. The highest BCUT2D eigenvalue weighted by atomic mass is 32.2. The number of hydrogen-bond donors (Lipinski definition) is 1. The third kappa shape index (κ3) is 3.01. The second kappa shape index (κ2) is 6.44. The molecule has 6 heteroatoms. The average Bonchev–Trinajstić information content (AvgIpc) is 3.04. The summed E-state index contributed by atoms with van der Waals surface area (Å²) in [7, 11) is 0. The van der Waals surface area contributed by atoms with Gasteiger partial charge in [0.05, 0.1) is 5.56 Å².